The summed E-state index contributed by atoms with van der Waals surface area (Å²) in [5.74, 6) is -3.47. The monoisotopic (exact) mass is 273 g/mol. The van der Waals surface area contributed by atoms with E-state index in [2.05, 4.69) is 12.2 Å². The Morgan fingerprint density at radius 2 is 1.89 bits per heavy atom. The molecular weight excluding hydrogens is 255 g/mol. The molecule has 2 nitrogen and oxygen atoms in total. The molecule has 1 aromatic carbocycles. The predicted octanol–water partition coefficient (Wildman–Crippen LogP) is 2.92. The standard InChI is InChI=1S/C14H18F3NO/c1-8-3-2-4-12(8)18-13(7-19)9-5-10(15)14(17)11(16)6-9/h5-6,8,12-13,18-19H,2-4,7H2,1H3. The SMILES string of the molecule is CC1CCCC1NC(CO)c1cc(F)c(F)c(F)c1. The molecule has 106 valence electrons. The third-order valence-corrected chi connectivity index (χ3v) is 3.87. The van der Waals surface area contributed by atoms with Gasteiger partial charge in [-0.3, -0.25) is 0 Å². The lowest BCUT2D eigenvalue weighted by Crippen LogP contribution is -2.36. The zero-order valence-electron chi connectivity index (χ0n) is 10.8. The predicted molar refractivity (Wildman–Crippen MR) is 66.1 cm³/mol. The lowest BCUT2D eigenvalue weighted by molar-refractivity contribution is 0.224. The van der Waals surface area contributed by atoms with Crippen molar-refractivity contribution in [1.82, 2.24) is 5.32 Å². The summed E-state index contributed by atoms with van der Waals surface area (Å²) in [5.41, 5.74) is 0.234. The van der Waals surface area contributed by atoms with Gasteiger partial charge in [0.15, 0.2) is 17.5 Å². The smallest absolute Gasteiger partial charge is 0.194 e. The maximum atomic E-state index is 13.2. The fourth-order valence-electron chi connectivity index (χ4n) is 2.68. The second-order valence-corrected chi connectivity index (χ2v) is 5.22. The molecule has 0 radical (unpaired) electrons. The molecule has 0 heterocycles. The van der Waals surface area contributed by atoms with E-state index in [0.29, 0.717) is 5.92 Å². The first-order valence-electron chi connectivity index (χ1n) is 6.54. The molecule has 5 heteroatoms. The number of aliphatic hydroxyl groups excluding tert-OH is 1. The summed E-state index contributed by atoms with van der Waals surface area (Å²) in [4.78, 5) is 0. The Morgan fingerprint density at radius 3 is 2.37 bits per heavy atom. The third-order valence-electron chi connectivity index (χ3n) is 3.87. The molecular formula is C14H18F3NO. The highest BCUT2D eigenvalue weighted by Gasteiger charge is 2.26. The molecule has 0 saturated heterocycles. The molecule has 19 heavy (non-hydrogen) atoms. The third kappa shape index (κ3) is 3.09. The average molecular weight is 273 g/mol. The maximum Gasteiger partial charge on any atom is 0.194 e. The molecule has 0 bridgehead atoms. The van der Waals surface area contributed by atoms with Crippen LogP contribution in [0, 0.1) is 23.4 Å². The van der Waals surface area contributed by atoms with E-state index >= 15 is 0 Å². The second-order valence-electron chi connectivity index (χ2n) is 5.22. The Balaban J connectivity index is 2.17. The number of nitrogens with one attached hydrogen (secondary N) is 1. The molecule has 1 saturated carbocycles. The summed E-state index contributed by atoms with van der Waals surface area (Å²) < 4.78 is 39.3. The van der Waals surface area contributed by atoms with Crippen LogP contribution < -0.4 is 5.32 Å². The molecule has 1 aliphatic rings. The molecule has 3 atom stereocenters. The summed E-state index contributed by atoms with van der Waals surface area (Å²) in [6, 6.07) is 1.51. The van der Waals surface area contributed by atoms with Crippen molar-refractivity contribution < 1.29 is 18.3 Å². The van der Waals surface area contributed by atoms with Crippen molar-refractivity contribution in [3.8, 4) is 0 Å². The molecule has 0 amide bonds. The van der Waals surface area contributed by atoms with E-state index in [1.54, 1.807) is 0 Å². The first-order chi connectivity index (χ1) is 9.02. The van der Waals surface area contributed by atoms with Crippen LogP contribution >= 0.6 is 0 Å². The lowest BCUT2D eigenvalue weighted by atomic mass is 10.0. The van der Waals surface area contributed by atoms with Gasteiger partial charge in [-0.15, -0.1) is 0 Å². The first kappa shape index (κ1) is 14.3. The van der Waals surface area contributed by atoms with Crippen molar-refractivity contribution in [2.75, 3.05) is 6.61 Å². The topological polar surface area (TPSA) is 32.3 Å². The fourth-order valence-corrected chi connectivity index (χ4v) is 2.68. The van der Waals surface area contributed by atoms with Gasteiger partial charge in [0.05, 0.1) is 12.6 Å². The van der Waals surface area contributed by atoms with Gasteiger partial charge in [-0.25, -0.2) is 13.2 Å². The van der Waals surface area contributed by atoms with Crippen LogP contribution in [0.1, 0.15) is 37.8 Å². The molecule has 0 spiro atoms. The summed E-state index contributed by atoms with van der Waals surface area (Å²) in [6.45, 7) is 1.82. The maximum absolute atomic E-state index is 13.2. The van der Waals surface area contributed by atoms with Gasteiger partial charge in [-0.05, 0) is 36.5 Å². The Kier molecular flexibility index (Phi) is 4.47. The first-order valence-corrected chi connectivity index (χ1v) is 6.54. The van der Waals surface area contributed by atoms with Gasteiger partial charge < -0.3 is 10.4 Å². The summed E-state index contributed by atoms with van der Waals surface area (Å²) in [6.07, 6.45) is 3.18. The molecule has 3 unspecified atom stereocenters. The summed E-state index contributed by atoms with van der Waals surface area (Å²) in [5, 5.41) is 12.6. The van der Waals surface area contributed by atoms with Crippen LogP contribution in [0.2, 0.25) is 0 Å². The van der Waals surface area contributed by atoms with E-state index in [1.165, 1.54) is 0 Å². The number of hydrogen-bond acceptors (Lipinski definition) is 2. The quantitative estimate of drug-likeness (QED) is 0.827. The van der Waals surface area contributed by atoms with Crippen LogP contribution in [0.15, 0.2) is 12.1 Å². The normalized spacial score (nSPS) is 24.7. The van der Waals surface area contributed by atoms with Crippen molar-refractivity contribution in [2.24, 2.45) is 5.92 Å². The summed E-state index contributed by atoms with van der Waals surface area (Å²) in [7, 11) is 0. The molecule has 0 aromatic heterocycles. The van der Waals surface area contributed by atoms with Crippen molar-refractivity contribution in [2.45, 2.75) is 38.3 Å². The lowest BCUT2D eigenvalue weighted by Gasteiger charge is -2.24. The Hall–Kier alpha value is -1.07. The van der Waals surface area contributed by atoms with Crippen LogP contribution in [-0.2, 0) is 0 Å². The minimum absolute atomic E-state index is 0.216. The molecule has 2 N–H and O–H groups in total. The van der Waals surface area contributed by atoms with Crippen LogP contribution in [-0.4, -0.2) is 17.8 Å². The van der Waals surface area contributed by atoms with Crippen molar-refractivity contribution in [3.63, 3.8) is 0 Å². The van der Waals surface area contributed by atoms with Gasteiger partial charge in [0, 0.05) is 6.04 Å². The van der Waals surface area contributed by atoms with Gasteiger partial charge in [0.2, 0.25) is 0 Å². The molecule has 1 aromatic rings. The number of halogens is 3. The zero-order valence-corrected chi connectivity index (χ0v) is 10.8. The molecule has 0 aliphatic heterocycles. The van der Waals surface area contributed by atoms with Gasteiger partial charge in [0.1, 0.15) is 0 Å². The van der Waals surface area contributed by atoms with E-state index in [9.17, 15) is 18.3 Å². The van der Waals surface area contributed by atoms with Crippen LogP contribution in [0.25, 0.3) is 0 Å². The summed E-state index contributed by atoms with van der Waals surface area (Å²) >= 11 is 0. The number of benzene rings is 1. The van der Waals surface area contributed by atoms with Gasteiger partial charge >= 0.3 is 0 Å². The highest BCUT2D eigenvalue weighted by atomic mass is 19.2. The van der Waals surface area contributed by atoms with Gasteiger partial charge in [0.25, 0.3) is 0 Å². The van der Waals surface area contributed by atoms with Crippen LogP contribution in [0.4, 0.5) is 13.2 Å². The zero-order chi connectivity index (χ0) is 14.0. The van der Waals surface area contributed by atoms with Crippen LogP contribution in [0.3, 0.4) is 0 Å². The largest absolute Gasteiger partial charge is 0.394 e. The van der Waals surface area contributed by atoms with E-state index in [0.717, 1.165) is 31.4 Å². The minimum atomic E-state index is -1.48. The van der Waals surface area contributed by atoms with E-state index < -0.39 is 23.5 Å². The molecule has 2 rings (SSSR count). The number of rotatable bonds is 4. The minimum Gasteiger partial charge on any atom is -0.394 e. The van der Waals surface area contributed by atoms with Gasteiger partial charge in [-0.2, -0.15) is 0 Å². The molecule has 1 fully saturated rings. The van der Waals surface area contributed by atoms with E-state index in [1.807, 2.05) is 0 Å². The highest BCUT2D eigenvalue weighted by molar-refractivity contribution is 5.23. The van der Waals surface area contributed by atoms with E-state index in [-0.39, 0.29) is 18.2 Å². The van der Waals surface area contributed by atoms with E-state index in [4.69, 9.17) is 0 Å². The number of aliphatic hydroxyl groups is 1. The Bertz CT molecular complexity index is 429. The Morgan fingerprint density at radius 1 is 1.26 bits per heavy atom. The second kappa shape index (κ2) is 5.92. The Labute approximate surface area is 110 Å². The molecule has 1 aliphatic carbocycles. The fraction of sp³-hybridized carbons (Fsp3) is 0.571. The van der Waals surface area contributed by atoms with Crippen LogP contribution in [0.5, 0.6) is 0 Å². The van der Waals surface area contributed by atoms with Gasteiger partial charge in [-0.1, -0.05) is 13.3 Å². The average Bonchev–Trinajstić information content (AvgIpc) is 2.78. The number of hydrogen-bond donors (Lipinski definition) is 2. The van der Waals surface area contributed by atoms with Crippen molar-refractivity contribution in [1.29, 1.82) is 0 Å². The van der Waals surface area contributed by atoms with Crippen molar-refractivity contribution >= 4 is 0 Å². The van der Waals surface area contributed by atoms with Crippen molar-refractivity contribution in [3.05, 3.63) is 35.1 Å². The highest BCUT2D eigenvalue weighted by Crippen LogP contribution is 2.28.